The quantitative estimate of drug-likeness (QED) is 0.703. The van der Waals surface area contributed by atoms with Gasteiger partial charge in [-0.2, -0.15) is 5.26 Å². The Kier molecular flexibility index (Phi) is 4.33. The molecule has 3 rings (SSSR count). The summed E-state index contributed by atoms with van der Waals surface area (Å²) >= 11 is 0. The van der Waals surface area contributed by atoms with Crippen LogP contribution in [-0.2, 0) is 9.59 Å². The summed E-state index contributed by atoms with van der Waals surface area (Å²) in [6, 6.07) is 2.09. The monoisotopic (exact) mass is 318 g/mol. The van der Waals surface area contributed by atoms with Crippen LogP contribution in [0.2, 0.25) is 0 Å². The maximum atomic E-state index is 12.9. The van der Waals surface area contributed by atoms with Gasteiger partial charge in [0.15, 0.2) is 0 Å². The molecule has 1 saturated carbocycles. The standard InChI is InChI=1S/C17H26N4O2/c1-13-11-14(12-13)15(22)20-6-3-17(4-7-20)16(23)21(8-5-18)10-9-19(17)2/h13-14H,3-4,6-12H2,1-2H3. The SMILES string of the molecule is CC1CC(C(=O)N2CCC3(CC2)C(=O)N(CC#N)CCN3C)C1. The third kappa shape index (κ3) is 2.72. The summed E-state index contributed by atoms with van der Waals surface area (Å²) in [7, 11) is 1.99. The third-order valence-corrected chi connectivity index (χ3v) is 6.01. The highest BCUT2D eigenvalue weighted by Crippen LogP contribution is 2.37. The van der Waals surface area contributed by atoms with Crippen molar-refractivity contribution in [1.82, 2.24) is 14.7 Å². The van der Waals surface area contributed by atoms with Gasteiger partial charge in [0.25, 0.3) is 0 Å². The normalized spacial score (nSPS) is 30.9. The number of nitrogens with zero attached hydrogens (tertiary/aromatic N) is 4. The highest BCUT2D eigenvalue weighted by atomic mass is 16.2. The lowest BCUT2D eigenvalue weighted by Gasteiger charge is -2.51. The highest BCUT2D eigenvalue weighted by Gasteiger charge is 2.50. The Bertz CT molecular complexity index is 527. The van der Waals surface area contributed by atoms with Gasteiger partial charge in [-0.15, -0.1) is 0 Å². The molecule has 0 atom stereocenters. The third-order valence-electron chi connectivity index (χ3n) is 6.01. The molecule has 0 N–H and O–H groups in total. The minimum atomic E-state index is -0.515. The van der Waals surface area contributed by atoms with Crippen molar-refractivity contribution in [3.05, 3.63) is 0 Å². The van der Waals surface area contributed by atoms with Gasteiger partial charge in [-0.1, -0.05) is 6.92 Å². The number of likely N-dealkylation sites (N-methyl/N-ethyl adjacent to an activating group) is 1. The van der Waals surface area contributed by atoms with E-state index in [0.29, 0.717) is 38.4 Å². The number of piperazine rings is 1. The summed E-state index contributed by atoms with van der Waals surface area (Å²) in [5.41, 5.74) is -0.515. The molecule has 2 saturated heterocycles. The van der Waals surface area contributed by atoms with Crippen LogP contribution in [0.3, 0.4) is 0 Å². The zero-order valence-electron chi connectivity index (χ0n) is 14.1. The van der Waals surface area contributed by atoms with E-state index in [-0.39, 0.29) is 24.3 Å². The number of nitriles is 1. The number of rotatable bonds is 2. The van der Waals surface area contributed by atoms with Gasteiger partial charge in [0.2, 0.25) is 11.8 Å². The van der Waals surface area contributed by atoms with Gasteiger partial charge in [0.1, 0.15) is 12.1 Å². The molecule has 23 heavy (non-hydrogen) atoms. The van der Waals surface area contributed by atoms with E-state index in [2.05, 4.69) is 17.9 Å². The highest BCUT2D eigenvalue weighted by molar-refractivity contribution is 5.88. The van der Waals surface area contributed by atoms with E-state index < -0.39 is 5.54 Å². The minimum Gasteiger partial charge on any atom is -0.342 e. The smallest absolute Gasteiger partial charge is 0.244 e. The Hall–Kier alpha value is -1.61. The lowest BCUT2D eigenvalue weighted by Crippen LogP contribution is -2.68. The second-order valence-electron chi connectivity index (χ2n) is 7.44. The lowest BCUT2D eigenvalue weighted by atomic mass is 9.74. The van der Waals surface area contributed by atoms with E-state index in [1.54, 1.807) is 4.90 Å². The maximum absolute atomic E-state index is 12.9. The predicted molar refractivity (Wildman–Crippen MR) is 85.3 cm³/mol. The molecule has 0 aromatic rings. The van der Waals surface area contributed by atoms with Crippen molar-refractivity contribution in [3.63, 3.8) is 0 Å². The number of hydrogen-bond acceptors (Lipinski definition) is 4. The zero-order valence-corrected chi connectivity index (χ0v) is 14.1. The van der Waals surface area contributed by atoms with Crippen LogP contribution in [0.4, 0.5) is 0 Å². The molecule has 6 nitrogen and oxygen atoms in total. The molecule has 2 amide bonds. The molecule has 6 heteroatoms. The fraction of sp³-hybridized carbons (Fsp3) is 0.824. The molecule has 0 aromatic carbocycles. The molecule has 1 aliphatic carbocycles. The number of hydrogen-bond donors (Lipinski definition) is 0. The van der Waals surface area contributed by atoms with Gasteiger partial charge in [-0.3, -0.25) is 14.5 Å². The van der Waals surface area contributed by atoms with Gasteiger partial charge in [0, 0.05) is 32.1 Å². The van der Waals surface area contributed by atoms with E-state index in [1.165, 1.54) is 0 Å². The molecule has 2 heterocycles. The topological polar surface area (TPSA) is 67.6 Å². The molecule has 3 fully saturated rings. The average molecular weight is 318 g/mol. The molecule has 0 bridgehead atoms. The summed E-state index contributed by atoms with van der Waals surface area (Å²) in [5, 5.41) is 8.91. The Morgan fingerprint density at radius 3 is 2.48 bits per heavy atom. The summed E-state index contributed by atoms with van der Waals surface area (Å²) in [6.07, 6.45) is 3.38. The second-order valence-corrected chi connectivity index (χ2v) is 7.44. The first-order chi connectivity index (χ1) is 11.0. The lowest BCUT2D eigenvalue weighted by molar-refractivity contribution is -0.157. The van der Waals surface area contributed by atoms with Crippen molar-refractivity contribution in [2.24, 2.45) is 11.8 Å². The fourth-order valence-corrected chi connectivity index (χ4v) is 4.33. The number of likely N-dealkylation sites (tertiary alicyclic amines) is 1. The molecule has 3 aliphatic rings. The molecule has 0 radical (unpaired) electrons. The number of amides is 2. The van der Waals surface area contributed by atoms with Crippen LogP contribution >= 0.6 is 0 Å². The van der Waals surface area contributed by atoms with Crippen LogP contribution in [0.1, 0.15) is 32.6 Å². The van der Waals surface area contributed by atoms with Crippen LogP contribution in [-0.4, -0.2) is 71.8 Å². The predicted octanol–water partition coefficient (Wildman–Crippen LogP) is 0.691. The van der Waals surface area contributed by atoms with Crippen molar-refractivity contribution >= 4 is 11.8 Å². The van der Waals surface area contributed by atoms with Crippen molar-refractivity contribution in [2.45, 2.75) is 38.1 Å². The van der Waals surface area contributed by atoms with Gasteiger partial charge in [-0.05, 0) is 38.6 Å². The molecule has 1 spiro atoms. The molecular formula is C17H26N4O2. The first-order valence-corrected chi connectivity index (χ1v) is 8.64. The summed E-state index contributed by atoms with van der Waals surface area (Å²) in [6.45, 7) is 5.07. The fourth-order valence-electron chi connectivity index (χ4n) is 4.33. The van der Waals surface area contributed by atoms with Crippen molar-refractivity contribution in [2.75, 3.05) is 39.8 Å². The number of piperidine rings is 1. The first-order valence-electron chi connectivity index (χ1n) is 8.64. The van der Waals surface area contributed by atoms with Gasteiger partial charge in [0.05, 0.1) is 6.07 Å². The Morgan fingerprint density at radius 1 is 1.26 bits per heavy atom. The summed E-state index contributed by atoms with van der Waals surface area (Å²) in [4.78, 5) is 31.1. The first kappa shape index (κ1) is 16.3. The Morgan fingerprint density at radius 2 is 1.91 bits per heavy atom. The largest absolute Gasteiger partial charge is 0.342 e. The zero-order chi connectivity index (χ0) is 16.6. The van der Waals surface area contributed by atoms with Crippen molar-refractivity contribution in [1.29, 1.82) is 5.26 Å². The van der Waals surface area contributed by atoms with Gasteiger partial charge in [-0.25, -0.2) is 0 Å². The molecule has 126 valence electrons. The number of carbonyl (C=O) groups excluding carboxylic acids is 2. The minimum absolute atomic E-state index is 0.0668. The molecular weight excluding hydrogens is 292 g/mol. The van der Waals surface area contributed by atoms with Crippen LogP contribution in [0.15, 0.2) is 0 Å². The van der Waals surface area contributed by atoms with E-state index in [1.807, 2.05) is 11.9 Å². The second kappa shape index (κ2) is 6.12. The van der Waals surface area contributed by atoms with E-state index in [9.17, 15) is 9.59 Å². The van der Waals surface area contributed by atoms with Gasteiger partial charge < -0.3 is 9.80 Å². The maximum Gasteiger partial charge on any atom is 0.244 e. The summed E-state index contributed by atoms with van der Waals surface area (Å²) in [5.74, 6) is 1.22. The Labute approximate surface area is 138 Å². The average Bonchev–Trinajstić information content (AvgIpc) is 2.53. The van der Waals surface area contributed by atoms with Crippen LogP contribution in [0, 0.1) is 23.2 Å². The molecule has 0 aromatic heterocycles. The van der Waals surface area contributed by atoms with Crippen molar-refractivity contribution < 1.29 is 9.59 Å². The van der Waals surface area contributed by atoms with Gasteiger partial charge >= 0.3 is 0 Å². The Balaban J connectivity index is 1.65. The van der Waals surface area contributed by atoms with Crippen molar-refractivity contribution in [3.8, 4) is 6.07 Å². The van der Waals surface area contributed by atoms with Crippen LogP contribution < -0.4 is 0 Å². The van der Waals surface area contributed by atoms with Crippen LogP contribution in [0.25, 0.3) is 0 Å². The van der Waals surface area contributed by atoms with E-state index in [4.69, 9.17) is 5.26 Å². The number of carbonyl (C=O) groups is 2. The van der Waals surface area contributed by atoms with E-state index in [0.717, 1.165) is 19.4 Å². The van der Waals surface area contributed by atoms with Crippen LogP contribution in [0.5, 0.6) is 0 Å². The van der Waals surface area contributed by atoms with E-state index >= 15 is 0 Å². The summed E-state index contributed by atoms with van der Waals surface area (Å²) < 4.78 is 0. The molecule has 0 unspecified atom stereocenters. The molecule has 2 aliphatic heterocycles.